The fourth-order valence-electron chi connectivity index (χ4n) is 5.14. The Hall–Kier alpha value is -3.35. The molecule has 0 aliphatic carbocycles. The molecule has 5 nitrogen and oxygen atoms in total. The topological polar surface area (TPSA) is 58.8 Å². The van der Waals surface area contributed by atoms with Crippen molar-refractivity contribution in [1.82, 2.24) is 19.1 Å². The molecule has 0 saturated carbocycles. The van der Waals surface area contributed by atoms with Crippen molar-refractivity contribution in [2.75, 3.05) is 0 Å². The molecular formula is C27H23ClN4OS. The van der Waals surface area contributed by atoms with E-state index in [1.807, 2.05) is 48.7 Å². The average molecular weight is 487 g/mol. The molecule has 6 rings (SSSR count). The number of aromatic nitrogens is 4. The fraction of sp³-hybridized carbons (Fsp3) is 0.185. The number of aromatic amines is 1. The first-order chi connectivity index (χ1) is 16.4. The molecule has 2 N–H and O–H groups in total. The average Bonchev–Trinajstić information content (AvgIpc) is 3.32. The van der Waals surface area contributed by atoms with Crippen LogP contribution in [-0.2, 0) is 6.42 Å². The lowest BCUT2D eigenvalue weighted by Crippen LogP contribution is -2.21. The van der Waals surface area contributed by atoms with Gasteiger partial charge in [0.05, 0.1) is 5.69 Å². The first-order valence-corrected chi connectivity index (χ1v) is 12.1. The normalized spacial score (nSPS) is 15.0. The third-order valence-corrected chi connectivity index (χ3v) is 7.35. The molecule has 1 atom stereocenters. The van der Waals surface area contributed by atoms with Crippen LogP contribution in [-0.4, -0.2) is 24.2 Å². The number of pyridine rings is 1. The van der Waals surface area contributed by atoms with Crippen molar-refractivity contribution >= 4 is 34.7 Å². The minimum Gasteiger partial charge on any atom is -0.493 e. The van der Waals surface area contributed by atoms with Gasteiger partial charge in [0.1, 0.15) is 6.04 Å². The summed E-state index contributed by atoms with van der Waals surface area (Å²) in [6.45, 7) is 4.07. The Morgan fingerprint density at radius 3 is 2.47 bits per heavy atom. The predicted octanol–water partition coefficient (Wildman–Crippen LogP) is 7.04. The third kappa shape index (κ3) is 3.13. The van der Waals surface area contributed by atoms with Crippen molar-refractivity contribution < 1.29 is 5.11 Å². The molecule has 7 heteroatoms. The molecule has 0 bridgehead atoms. The number of aromatic hydroxyl groups is 1. The number of imidazole rings is 1. The highest BCUT2D eigenvalue weighted by molar-refractivity contribution is 7.71. The van der Waals surface area contributed by atoms with Crippen LogP contribution < -0.4 is 0 Å². The molecule has 170 valence electrons. The van der Waals surface area contributed by atoms with Gasteiger partial charge in [-0.15, -0.1) is 0 Å². The van der Waals surface area contributed by atoms with Gasteiger partial charge in [0.25, 0.3) is 0 Å². The Morgan fingerprint density at radius 2 is 1.76 bits per heavy atom. The fourth-order valence-corrected chi connectivity index (χ4v) is 5.83. The number of halogens is 1. The van der Waals surface area contributed by atoms with Crippen LogP contribution in [0.15, 0.2) is 67.0 Å². The van der Waals surface area contributed by atoms with Crippen LogP contribution >= 0.6 is 23.8 Å². The SMILES string of the molecule is CC(C)n1c(O)c2n(c1=S)C(c1ccc(-c3ccncc3)cc1)c1[nH]c3ccc(Cl)cc3c1C2. The minimum atomic E-state index is -0.185. The summed E-state index contributed by atoms with van der Waals surface area (Å²) < 4.78 is 4.56. The van der Waals surface area contributed by atoms with Gasteiger partial charge in [-0.25, -0.2) is 0 Å². The van der Waals surface area contributed by atoms with E-state index in [0.29, 0.717) is 16.2 Å². The van der Waals surface area contributed by atoms with E-state index >= 15 is 0 Å². The van der Waals surface area contributed by atoms with E-state index < -0.39 is 0 Å². The highest BCUT2D eigenvalue weighted by atomic mass is 35.5. The summed E-state index contributed by atoms with van der Waals surface area (Å²) in [6.07, 6.45) is 4.18. The Balaban J connectivity index is 1.59. The van der Waals surface area contributed by atoms with Crippen LogP contribution in [0.25, 0.3) is 22.0 Å². The van der Waals surface area contributed by atoms with E-state index in [1.165, 1.54) is 0 Å². The monoisotopic (exact) mass is 486 g/mol. The first kappa shape index (κ1) is 21.2. The quantitative estimate of drug-likeness (QED) is 0.263. The lowest BCUT2D eigenvalue weighted by atomic mass is 9.92. The molecule has 1 aliphatic rings. The van der Waals surface area contributed by atoms with Crippen molar-refractivity contribution in [2.24, 2.45) is 0 Å². The second-order valence-corrected chi connectivity index (χ2v) is 9.83. The first-order valence-electron chi connectivity index (χ1n) is 11.3. The van der Waals surface area contributed by atoms with Gasteiger partial charge in [-0.3, -0.25) is 9.55 Å². The van der Waals surface area contributed by atoms with Crippen molar-refractivity contribution in [1.29, 1.82) is 0 Å². The highest BCUT2D eigenvalue weighted by Crippen LogP contribution is 2.44. The van der Waals surface area contributed by atoms with Gasteiger partial charge in [-0.05, 0) is 78.7 Å². The van der Waals surface area contributed by atoms with Crippen LogP contribution in [0.3, 0.4) is 0 Å². The summed E-state index contributed by atoms with van der Waals surface area (Å²) in [5.74, 6) is 0.237. The predicted molar refractivity (Wildman–Crippen MR) is 138 cm³/mol. The Bertz CT molecular complexity index is 1600. The molecule has 0 amide bonds. The number of hydrogen-bond acceptors (Lipinski definition) is 3. The van der Waals surface area contributed by atoms with E-state index in [-0.39, 0.29) is 18.0 Å². The van der Waals surface area contributed by atoms with Gasteiger partial charge in [0, 0.05) is 46.5 Å². The molecule has 34 heavy (non-hydrogen) atoms. The van der Waals surface area contributed by atoms with Gasteiger partial charge >= 0.3 is 0 Å². The zero-order valence-electron chi connectivity index (χ0n) is 18.8. The molecule has 1 unspecified atom stereocenters. The summed E-state index contributed by atoms with van der Waals surface area (Å²) in [5.41, 5.74) is 7.42. The molecule has 0 radical (unpaired) electrons. The lowest BCUT2D eigenvalue weighted by molar-refractivity contribution is 0.394. The Morgan fingerprint density at radius 1 is 1.06 bits per heavy atom. The zero-order valence-corrected chi connectivity index (χ0v) is 20.4. The van der Waals surface area contributed by atoms with Crippen LogP contribution in [0.2, 0.25) is 5.02 Å². The Kier molecular flexibility index (Phi) is 4.90. The van der Waals surface area contributed by atoms with E-state index in [1.54, 1.807) is 12.4 Å². The summed E-state index contributed by atoms with van der Waals surface area (Å²) in [6, 6.07) is 18.3. The maximum atomic E-state index is 11.2. The molecule has 5 aromatic rings. The highest BCUT2D eigenvalue weighted by Gasteiger charge is 2.34. The number of nitrogens with zero attached hydrogens (tertiary/aromatic N) is 3. The molecule has 4 heterocycles. The van der Waals surface area contributed by atoms with Crippen LogP contribution in [0, 0.1) is 4.77 Å². The van der Waals surface area contributed by atoms with Crippen LogP contribution in [0.4, 0.5) is 0 Å². The minimum absolute atomic E-state index is 0.0462. The molecule has 0 spiro atoms. The van der Waals surface area contributed by atoms with E-state index in [0.717, 1.165) is 44.5 Å². The van der Waals surface area contributed by atoms with Crippen molar-refractivity contribution in [3.05, 3.63) is 99.3 Å². The molecular weight excluding hydrogens is 464 g/mol. The molecule has 3 aromatic heterocycles. The number of fused-ring (bicyclic) bond motifs is 4. The molecule has 1 aliphatic heterocycles. The van der Waals surface area contributed by atoms with E-state index in [4.69, 9.17) is 23.8 Å². The van der Waals surface area contributed by atoms with Gasteiger partial charge in [0.15, 0.2) is 4.77 Å². The third-order valence-electron chi connectivity index (χ3n) is 6.72. The van der Waals surface area contributed by atoms with Gasteiger partial charge in [-0.2, -0.15) is 0 Å². The Labute approximate surface area is 207 Å². The maximum absolute atomic E-state index is 11.2. The van der Waals surface area contributed by atoms with Crippen molar-refractivity contribution in [3.8, 4) is 17.0 Å². The van der Waals surface area contributed by atoms with Crippen molar-refractivity contribution in [3.63, 3.8) is 0 Å². The zero-order chi connectivity index (χ0) is 23.6. The summed E-state index contributed by atoms with van der Waals surface area (Å²) >= 11 is 12.3. The number of rotatable bonds is 3. The van der Waals surface area contributed by atoms with Crippen molar-refractivity contribution in [2.45, 2.75) is 32.4 Å². The van der Waals surface area contributed by atoms with E-state index in [2.05, 4.69) is 38.8 Å². The van der Waals surface area contributed by atoms with Crippen LogP contribution in [0.1, 0.15) is 48.4 Å². The number of hydrogen-bond donors (Lipinski definition) is 2. The second-order valence-electron chi connectivity index (χ2n) is 9.03. The van der Waals surface area contributed by atoms with Gasteiger partial charge in [0.2, 0.25) is 5.88 Å². The van der Waals surface area contributed by atoms with Gasteiger partial charge < -0.3 is 14.7 Å². The van der Waals surface area contributed by atoms with E-state index in [9.17, 15) is 5.11 Å². The lowest BCUT2D eigenvalue weighted by Gasteiger charge is -2.27. The summed E-state index contributed by atoms with van der Waals surface area (Å²) in [4.78, 5) is 7.76. The maximum Gasteiger partial charge on any atom is 0.214 e. The molecule has 2 aromatic carbocycles. The summed E-state index contributed by atoms with van der Waals surface area (Å²) in [7, 11) is 0. The molecule has 0 saturated heterocycles. The van der Waals surface area contributed by atoms with Crippen LogP contribution in [0.5, 0.6) is 5.88 Å². The standard InChI is InChI=1S/C27H23ClN4OS/c1-15(2)31-26(33)23-14-21-20-13-19(28)7-8-22(20)30-24(21)25(32(23)27(31)34)18-5-3-16(4-6-18)17-9-11-29-12-10-17/h3-13,15,25,30,33H,14H2,1-2H3. The number of benzene rings is 2. The summed E-state index contributed by atoms with van der Waals surface area (Å²) in [5, 5.41) is 13.0. The number of nitrogens with one attached hydrogen (secondary N) is 1. The second kappa shape index (κ2) is 7.86. The molecule has 0 fully saturated rings. The largest absolute Gasteiger partial charge is 0.493 e. The number of H-pyrrole nitrogens is 1. The van der Waals surface area contributed by atoms with Gasteiger partial charge in [-0.1, -0.05) is 35.9 Å². The smallest absolute Gasteiger partial charge is 0.214 e.